The molecule has 2 aromatic carbocycles. The van der Waals surface area contributed by atoms with Crippen LogP contribution < -0.4 is 4.74 Å². The minimum atomic E-state index is -0.232. The highest BCUT2D eigenvalue weighted by Crippen LogP contribution is 2.20. The zero-order chi connectivity index (χ0) is 15.1. The van der Waals surface area contributed by atoms with Gasteiger partial charge in [0.25, 0.3) is 0 Å². The summed E-state index contributed by atoms with van der Waals surface area (Å²) < 4.78 is 10.5. The molecular formula is C18H20O3. The third-order valence-corrected chi connectivity index (χ3v) is 3.37. The predicted octanol–water partition coefficient (Wildman–Crippen LogP) is 3.54. The smallest absolute Gasteiger partial charge is 0.309 e. The lowest BCUT2D eigenvalue weighted by atomic mass is 10.0. The summed E-state index contributed by atoms with van der Waals surface area (Å²) in [4.78, 5) is 11.5. The Morgan fingerprint density at radius 2 is 1.81 bits per heavy atom. The number of esters is 1. The molecule has 0 N–H and O–H groups in total. The molecule has 0 aliphatic rings. The highest BCUT2D eigenvalue weighted by atomic mass is 16.5. The second kappa shape index (κ2) is 7.48. The van der Waals surface area contributed by atoms with E-state index in [4.69, 9.17) is 9.47 Å². The van der Waals surface area contributed by atoms with E-state index in [1.807, 2.05) is 48.5 Å². The van der Waals surface area contributed by atoms with Crippen molar-refractivity contribution in [2.75, 3.05) is 7.11 Å². The molecule has 0 radical (unpaired) electrons. The van der Waals surface area contributed by atoms with E-state index in [1.54, 1.807) is 0 Å². The van der Waals surface area contributed by atoms with E-state index in [0.29, 0.717) is 6.61 Å². The molecular weight excluding hydrogens is 264 g/mol. The van der Waals surface area contributed by atoms with Crippen molar-refractivity contribution in [2.45, 2.75) is 26.4 Å². The van der Waals surface area contributed by atoms with Crippen molar-refractivity contribution < 1.29 is 14.3 Å². The monoisotopic (exact) mass is 284 g/mol. The average Bonchev–Trinajstić information content (AvgIpc) is 2.54. The summed E-state index contributed by atoms with van der Waals surface area (Å²) in [5.74, 6) is 0.542. The van der Waals surface area contributed by atoms with Crippen LogP contribution in [0.4, 0.5) is 0 Å². The van der Waals surface area contributed by atoms with Crippen LogP contribution in [0.2, 0.25) is 0 Å². The summed E-state index contributed by atoms with van der Waals surface area (Å²) in [6, 6.07) is 15.9. The lowest BCUT2D eigenvalue weighted by Crippen LogP contribution is -2.07. The number of carbonyl (C=O) groups excluding carboxylic acids is 1. The minimum absolute atomic E-state index is 0.232. The van der Waals surface area contributed by atoms with Gasteiger partial charge in [-0.2, -0.15) is 0 Å². The molecule has 0 amide bonds. The fourth-order valence-electron chi connectivity index (χ4n) is 2.17. The van der Waals surface area contributed by atoms with Crippen LogP contribution in [0, 0.1) is 0 Å². The van der Waals surface area contributed by atoms with Crippen LogP contribution in [0.15, 0.2) is 48.5 Å². The largest absolute Gasteiger partial charge is 0.489 e. The molecule has 2 rings (SSSR count). The molecule has 0 aromatic heterocycles. The molecule has 0 atom stereocenters. The van der Waals surface area contributed by atoms with Gasteiger partial charge in [-0.3, -0.25) is 4.79 Å². The van der Waals surface area contributed by atoms with Gasteiger partial charge in [0.05, 0.1) is 13.5 Å². The van der Waals surface area contributed by atoms with Gasteiger partial charge in [-0.1, -0.05) is 43.3 Å². The molecule has 2 aromatic rings. The van der Waals surface area contributed by atoms with Crippen LogP contribution in [0.3, 0.4) is 0 Å². The second-order valence-corrected chi connectivity index (χ2v) is 4.81. The summed E-state index contributed by atoms with van der Waals surface area (Å²) in [6.07, 6.45) is 1.16. The second-order valence-electron chi connectivity index (χ2n) is 4.81. The molecule has 110 valence electrons. The van der Waals surface area contributed by atoms with Gasteiger partial charge in [-0.25, -0.2) is 0 Å². The average molecular weight is 284 g/mol. The van der Waals surface area contributed by atoms with Gasteiger partial charge in [0.1, 0.15) is 12.4 Å². The molecule has 3 heteroatoms. The van der Waals surface area contributed by atoms with Gasteiger partial charge in [0, 0.05) is 0 Å². The predicted molar refractivity (Wildman–Crippen MR) is 82.3 cm³/mol. The summed E-state index contributed by atoms with van der Waals surface area (Å²) in [5, 5.41) is 0. The van der Waals surface area contributed by atoms with Gasteiger partial charge >= 0.3 is 5.97 Å². The standard InChI is InChI=1S/C18H20O3/c1-3-15-9-10-17(11-16(15)12-18(19)20-2)21-13-14-7-5-4-6-8-14/h4-11H,3,12-13H2,1-2H3. The fourth-order valence-corrected chi connectivity index (χ4v) is 2.17. The molecule has 0 heterocycles. The van der Waals surface area contributed by atoms with E-state index < -0.39 is 0 Å². The van der Waals surface area contributed by atoms with Crippen molar-refractivity contribution >= 4 is 5.97 Å². The first-order valence-electron chi connectivity index (χ1n) is 7.08. The topological polar surface area (TPSA) is 35.5 Å². The first-order chi connectivity index (χ1) is 10.2. The Morgan fingerprint density at radius 1 is 1.05 bits per heavy atom. The van der Waals surface area contributed by atoms with Crippen molar-refractivity contribution in [3.63, 3.8) is 0 Å². The lowest BCUT2D eigenvalue weighted by Gasteiger charge is -2.11. The van der Waals surface area contributed by atoms with Gasteiger partial charge in [0.15, 0.2) is 0 Å². The molecule has 0 bridgehead atoms. The number of carbonyl (C=O) groups is 1. The summed E-state index contributed by atoms with van der Waals surface area (Å²) in [6.45, 7) is 2.59. The molecule has 0 aliphatic carbocycles. The maximum atomic E-state index is 11.5. The molecule has 0 fully saturated rings. The SMILES string of the molecule is CCc1ccc(OCc2ccccc2)cc1CC(=O)OC. The molecule has 0 unspecified atom stereocenters. The summed E-state index contributed by atoms with van der Waals surface area (Å²) in [7, 11) is 1.41. The number of benzene rings is 2. The zero-order valence-electron chi connectivity index (χ0n) is 12.5. The zero-order valence-corrected chi connectivity index (χ0v) is 12.5. The van der Waals surface area contributed by atoms with Crippen LogP contribution >= 0.6 is 0 Å². The first-order valence-corrected chi connectivity index (χ1v) is 7.08. The third-order valence-electron chi connectivity index (χ3n) is 3.37. The number of hydrogen-bond acceptors (Lipinski definition) is 3. The van der Waals surface area contributed by atoms with Gasteiger partial charge in [0.2, 0.25) is 0 Å². The Hall–Kier alpha value is -2.29. The highest BCUT2D eigenvalue weighted by molar-refractivity contribution is 5.73. The van der Waals surface area contributed by atoms with Gasteiger partial charge < -0.3 is 9.47 Å². The van der Waals surface area contributed by atoms with E-state index >= 15 is 0 Å². The normalized spacial score (nSPS) is 10.2. The fraction of sp³-hybridized carbons (Fsp3) is 0.278. The quantitative estimate of drug-likeness (QED) is 0.761. The molecule has 0 spiro atoms. The Morgan fingerprint density at radius 3 is 2.48 bits per heavy atom. The van der Waals surface area contributed by atoms with Crippen molar-refractivity contribution in [2.24, 2.45) is 0 Å². The molecule has 0 aliphatic heterocycles. The van der Waals surface area contributed by atoms with E-state index in [1.165, 1.54) is 7.11 Å². The molecule has 0 saturated carbocycles. The van der Waals surface area contributed by atoms with Crippen LogP contribution in [0.1, 0.15) is 23.6 Å². The number of hydrogen-bond donors (Lipinski definition) is 0. The van der Waals surface area contributed by atoms with Crippen LogP contribution in [0.5, 0.6) is 5.75 Å². The molecule has 3 nitrogen and oxygen atoms in total. The summed E-state index contributed by atoms with van der Waals surface area (Å²) >= 11 is 0. The number of rotatable bonds is 6. The third kappa shape index (κ3) is 4.35. The van der Waals surface area contributed by atoms with E-state index in [2.05, 4.69) is 6.92 Å². The van der Waals surface area contributed by atoms with Gasteiger partial charge in [-0.05, 0) is 35.2 Å². The minimum Gasteiger partial charge on any atom is -0.489 e. The maximum absolute atomic E-state index is 11.5. The number of aryl methyl sites for hydroxylation is 1. The summed E-state index contributed by atoms with van der Waals surface area (Å²) in [5.41, 5.74) is 3.23. The Labute approximate surface area is 125 Å². The van der Waals surface area contributed by atoms with Crippen LogP contribution in [-0.2, 0) is 29.0 Å². The van der Waals surface area contributed by atoms with E-state index in [9.17, 15) is 4.79 Å². The van der Waals surface area contributed by atoms with Crippen molar-refractivity contribution in [1.29, 1.82) is 0 Å². The maximum Gasteiger partial charge on any atom is 0.309 e. The van der Waals surface area contributed by atoms with Crippen molar-refractivity contribution in [1.82, 2.24) is 0 Å². The van der Waals surface area contributed by atoms with Crippen molar-refractivity contribution in [3.8, 4) is 5.75 Å². The number of ether oxygens (including phenoxy) is 2. The van der Waals surface area contributed by atoms with Crippen molar-refractivity contribution in [3.05, 3.63) is 65.2 Å². The molecule has 0 saturated heterocycles. The van der Waals surface area contributed by atoms with E-state index in [-0.39, 0.29) is 12.4 Å². The van der Waals surface area contributed by atoms with Crippen LogP contribution in [-0.4, -0.2) is 13.1 Å². The Balaban J connectivity index is 2.09. The Bertz CT molecular complexity index is 591. The van der Waals surface area contributed by atoms with Crippen LogP contribution in [0.25, 0.3) is 0 Å². The first kappa shape index (κ1) is 15.1. The highest BCUT2D eigenvalue weighted by Gasteiger charge is 2.09. The number of methoxy groups -OCH3 is 1. The Kier molecular flexibility index (Phi) is 5.38. The van der Waals surface area contributed by atoms with Gasteiger partial charge in [-0.15, -0.1) is 0 Å². The van der Waals surface area contributed by atoms with E-state index in [0.717, 1.165) is 28.9 Å². The lowest BCUT2D eigenvalue weighted by molar-refractivity contribution is -0.139. The molecule has 21 heavy (non-hydrogen) atoms.